The van der Waals surface area contributed by atoms with Crippen molar-refractivity contribution in [2.75, 3.05) is 5.83 Å². The largest absolute Gasteiger partial charge is 0.272 e. The van der Waals surface area contributed by atoms with Gasteiger partial charge in [-0.3, -0.25) is 10.1 Å². The van der Waals surface area contributed by atoms with Crippen molar-refractivity contribution in [1.29, 1.82) is 0 Å². The third kappa shape index (κ3) is 3.00. The minimum atomic E-state index is -0.380. The first kappa shape index (κ1) is 11.1. The van der Waals surface area contributed by atoms with E-state index < -0.39 is 0 Å². The summed E-state index contributed by atoms with van der Waals surface area (Å²) >= 11 is 2.94. The molecule has 0 unspecified atom stereocenters. The van der Waals surface area contributed by atoms with Gasteiger partial charge >= 0.3 is 0 Å². The fourth-order valence-corrected chi connectivity index (χ4v) is 0.768. The maximum atomic E-state index is 10.2. The molecular formula is C8H10BrNO2. The van der Waals surface area contributed by atoms with Crippen LogP contribution in [0.25, 0.3) is 0 Å². The van der Waals surface area contributed by atoms with E-state index in [1.165, 1.54) is 6.07 Å². The highest BCUT2D eigenvalue weighted by Gasteiger charge is 2.05. The number of benzene rings is 1. The van der Waals surface area contributed by atoms with Crippen LogP contribution in [0.2, 0.25) is 0 Å². The van der Waals surface area contributed by atoms with Crippen LogP contribution in [0.1, 0.15) is 5.56 Å². The molecule has 12 heavy (non-hydrogen) atoms. The van der Waals surface area contributed by atoms with Gasteiger partial charge in [0.05, 0.1) is 4.92 Å². The van der Waals surface area contributed by atoms with Gasteiger partial charge in [-0.15, -0.1) is 0 Å². The second-order valence-corrected chi connectivity index (χ2v) is 2.04. The summed E-state index contributed by atoms with van der Waals surface area (Å²) < 4.78 is 0. The molecule has 0 aliphatic heterocycles. The van der Waals surface area contributed by atoms with Crippen LogP contribution in [0.3, 0.4) is 0 Å². The third-order valence-corrected chi connectivity index (χ3v) is 1.31. The molecule has 0 aliphatic rings. The van der Waals surface area contributed by atoms with E-state index in [1.807, 2.05) is 5.83 Å². The molecule has 0 N–H and O–H groups in total. The Kier molecular flexibility index (Phi) is 5.28. The quantitative estimate of drug-likeness (QED) is 0.424. The van der Waals surface area contributed by atoms with Crippen LogP contribution >= 0.6 is 15.9 Å². The Hall–Kier alpha value is -0.900. The van der Waals surface area contributed by atoms with Crippen LogP contribution in [0.15, 0.2) is 24.3 Å². The van der Waals surface area contributed by atoms with Crippen LogP contribution < -0.4 is 0 Å². The summed E-state index contributed by atoms with van der Waals surface area (Å²) in [7, 11) is 0. The van der Waals surface area contributed by atoms with Crippen molar-refractivity contribution in [3.8, 4) is 0 Å². The highest BCUT2D eigenvalue weighted by Crippen LogP contribution is 2.14. The summed E-state index contributed by atoms with van der Waals surface area (Å²) in [5.74, 6) is 1.81. The zero-order valence-corrected chi connectivity index (χ0v) is 8.54. The first-order valence-electron chi connectivity index (χ1n) is 3.29. The molecule has 0 aromatic heterocycles. The number of hydrogen-bond acceptors (Lipinski definition) is 2. The van der Waals surface area contributed by atoms with E-state index >= 15 is 0 Å². The molecule has 0 atom stereocenters. The second kappa shape index (κ2) is 5.71. The lowest BCUT2D eigenvalue weighted by atomic mass is 10.2. The van der Waals surface area contributed by atoms with Gasteiger partial charge in [-0.1, -0.05) is 34.1 Å². The van der Waals surface area contributed by atoms with Gasteiger partial charge in [0, 0.05) is 11.6 Å². The first-order valence-corrected chi connectivity index (χ1v) is 4.88. The molecule has 0 aliphatic carbocycles. The third-order valence-electron chi connectivity index (χ3n) is 1.31. The van der Waals surface area contributed by atoms with Crippen molar-refractivity contribution in [2.45, 2.75) is 6.92 Å². The number of para-hydroxylation sites is 1. The molecule has 1 aromatic carbocycles. The predicted octanol–water partition coefficient (Wildman–Crippen LogP) is 2.91. The lowest BCUT2D eigenvalue weighted by Gasteiger charge is -1.92. The lowest BCUT2D eigenvalue weighted by molar-refractivity contribution is -0.385. The zero-order valence-electron chi connectivity index (χ0n) is 6.95. The van der Waals surface area contributed by atoms with Gasteiger partial charge in [0.2, 0.25) is 0 Å². The molecule has 66 valence electrons. The summed E-state index contributed by atoms with van der Waals surface area (Å²) in [4.78, 5) is 9.85. The van der Waals surface area contributed by atoms with Gasteiger partial charge in [-0.05, 0) is 12.8 Å². The summed E-state index contributed by atoms with van der Waals surface area (Å²) in [5.41, 5.74) is 0.884. The van der Waals surface area contributed by atoms with Crippen molar-refractivity contribution in [1.82, 2.24) is 0 Å². The van der Waals surface area contributed by atoms with Gasteiger partial charge < -0.3 is 0 Å². The van der Waals surface area contributed by atoms with Crippen molar-refractivity contribution in [3.63, 3.8) is 0 Å². The number of hydrogen-bond donors (Lipinski definition) is 0. The minimum Gasteiger partial charge on any atom is -0.258 e. The first-order chi connectivity index (χ1) is 5.72. The number of rotatable bonds is 1. The van der Waals surface area contributed by atoms with E-state index in [2.05, 4.69) is 15.9 Å². The van der Waals surface area contributed by atoms with E-state index in [1.54, 1.807) is 25.1 Å². The maximum absolute atomic E-state index is 10.2. The van der Waals surface area contributed by atoms with Crippen LogP contribution in [0.4, 0.5) is 5.69 Å². The molecule has 0 radical (unpaired) electrons. The van der Waals surface area contributed by atoms with Crippen LogP contribution in [0.5, 0.6) is 0 Å². The summed E-state index contributed by atoms with van der Waals surface area (Å²) in [5, 5.41) is 10.2. The molecule has 0 bridgehead atoms. The van der Waals surface area contributed by atoms with Gasteiger partial charge in [0.25, 0.3) is 5.69 Å². The molecule has 1 aromatic rings. The molecule has 3 nitrogen and oxygen atoms in total. The number of nitrogens with zero attached hydrogens (tertiary/aromatic N) is 1. The Morgan fingerprint density at radius 2 is 1.83 bits per heavy atom. The smallest absolute Gasteiger partial charge is 0.258 e. The Morgan fingerprint density at radius 1 is 1.33 bits per heavy atom. The standard InChI is InChI=1S/C7H7NO2.CH3Br/c1-6-4-2-3-5-7(6)8(9)10;1-2/h2-5H,1H3;1H3. The summed E-state index contributed by atoms with van der Waals surface area (Å²) in [6, 6.07) is 6.65. The molecule has 0 heterocycles. The van der Waals surface area contributed by atoms with E-state index in [0.29, 0.717) is 5.56 Å². The Bertz CT molecular complexity index is 263. The van der Waals surface area contributed by atoms with Crippen LogP contribution in [0, 0.1) is 17.0 Å². The number of nitro groups is 1. The number of halogens is 1. The average molecular weight is 232 g/mol. The van der Waals surface area contributed by atoms with Crippen molar-refractivity contribution >= 4 is 21.6 Å². The molecule has 4 heteroatoms. The van der Waals surface area contributed by atoms with E-state index in [9.17, 15) is 10.1 Å². The normalized spacial score (nSPS) is 8.25. The molecular weight excluding hydrogens is 222 g/mol. The fraction of sp³-hybridized carbons (Fsp3) is 0.250. The van der Waals surface area contributed by atoms with Gasteiger partial charge in [0.15, 0.2) is 0 Å². The number of alkyl halides is 1. The number of aryl methyl sites for hydroxylation is 1. The predicted molar refractivity (Wildman–Crippen MR) is 52.7 cm³/mol. The zero-order chi connectivity index (χ0) is 9.56. The maximum Gasteiger partial charge on any atom is 0.272 e. The van der Waals surface area contributed by atoms with Crippen molar-refractivity contribution < 1.29 is 4.92 Å². The second-order valence-electron chi connectivity index (χ2n) is 2.04. The topological polar surface area (TPSA) is 43.1 Å². The van der Waals surface area contributed by atoms with E-state index in [-0.39, 0.29) is 10.6 Å². The van der Waals surface area contributed by atoms with Crippen LogP contribution in [-0.2, 0) is 0 Å². The molecule has 0 amide bonds. The average Bonchev–Trinajstić information content (AvgIpc) is 2.08. The highest BCUT2D eigenvalue weighted by atomic mass is 79.9. The van der Waals surface area contributed by atoms with Crippen LogP contribution in [-0.4, -0.2) is 10.8 Å². The fourth-order valence-electron chi connectivity index (χ4n) is 0.768. The molecule has 0 saturated carbocycles. The molecule has 1 rings (SSSR count). The van der Waals surface area contributed by atoms with Crippen molar-refractivity contribution in [3.05, 3.63) is 39.9 Å². The Balaban J connectivity index is 0.000000561. The Labute approximate surface area is 79.7 Å². The van der Waals surface area contributed by atoms with Crippen molar-refractivity contribution in [2.24, 2.45) is 0 Å². The number of nitro benzene ring substituents is 1. The minimum absolute atomic E-state index is 0.183. The SMILES string of the molecule is CBr.Cc1ccccc1[N+](=O)[O-]. The van der Waals surface area contributed by atoms with E-state index in [4.69, 9.17) is 0 Å². The highest BCUT2D eigenvalue weighted by molar-refractivity contribution is 9.08. The van der Waals surface area contributed by atoms with E-state index in [0.717, 1.165) is 0 Å². The van der Waals surface area contributed by atoms with Gasteiger partial charge in [0.1, 0.15) is 0 Å². The summed E-state index contributed by atoms with van der Waals surface area (Å²) in [6.45, 7) is 1.72. The monoisotopic (exact) mass is 231 g/mol. The van der Waals surface area contributed by atoms with Gasteiger partial charge in [-0.25, -0.2) is 0 Å². The lowest BCUT2D eigenvalue weighted by Crippen LogP contribution is -1.89. The Morgan fingerprint density at radius 3 is 2.17 bits per heavy atom. The molecule has 0 fully saturated rings. The molecule has 0 saturated heterocycles. The summed E-state index contributed by atoms with van der Waals surface area (Å²) in [6.07, 6.45) is 0. The van der Waals surface area contributed by atoms with Gasteiger partial charge in [-0.2, -0.15) is 0 Å². The molecule has 0 spiro atoms.